The summed E-state index contributed by atoms with van der Waals surface area (Å²) in [5.74, 6) is 1.36. The molecule has 2 aromatic carbocycles. The van der Waals surface area contributed by atoms with Crippen molar-refractivity contribution in [3.63, 3.8) is 0 Å². The van der Waals surface area contributed by atoms with Gasteiger partial charge in [0.1, 0.15) is 17.2 Å². The third-order valence-corrected chi connectivity index (χ3v) is 6.21. The number of benzene rings is 2. The highest BCUT2D eigenvalue weighted by molar-refractivity contribution is 5.91. The predicted molar refractivity (Wildman–Crippen MR) is 126 cm³/mol. The number of carbonyl (C=O) groups is 1. The van der Waals surface area contributed by atoms with Gasteiger partial charge in [-0.25, -0.2) is 0 Å². The summed E-state index contributed by atoms with van der Waals surface area (Å²) in [7, 11) is 4.73. The molecule has 0 fully saturated rings. The van der Waals surface area contributed by atoms with Gasteiger partial charge in [0.2, 0.25) is 5.91 Å². The Morgan fingerprint density at radius 3 is 2.06 bits per heavy atom. The summed E-state index contributed by atoms with van der Waals surface area (Å²) >= 11 is 0. The zero-order valence-electron chi connectivity index (χ0n) is 19.2. The maximum absolute atomic E-state index is 14.0. The quantitative estimate of drug-likeness (QED) is 0.543. The lowest BCUT2D eigenvalue weighted by Crippen LogP contribution is -2.44. The lowest BCUT2D eigenvalue weighted by Gasteiger charge is -2.35. The topological polar surface area (TPSA) is 92.8 Å². The molecule has 3 rings (SSSR count). The minimum absolute atomic E-state index is 0.0423. The van der Waals surface area contributed by atoms with Crippen LogP contribution in [0, 0.1) is 0 Å². The van der Waals surface area contributed by atoms with Crippen LogP contribution >= 0.6 is 0 Å². The van der Waals surface area contributed by atoms with E-state index in [1.54, 1.807) is 38.0 Å². The Labute approximate surface area is 187 Å². The van der Waals surface area contributed by atoms with Crippen LogP contribution in [0.1, 0.15) is 33.1 Å². The molecule has 1 amide bonds. The fraction of sp³-hybridized carbons (Fsp3) is 0.360. The number of amides is 1. The normalized spacial score (nSPS) is 11.4. The molecule has 0 atom stereocenters. The van der Waals surface area contributed by atoms with Crippen molar-refractivity contribution < 1.29 is 19.0 Å². The Morgan fingerprint density at radius 1 is 0.938 bits per heavy atom. The Morgan fingerprint density at radius 2 is 1.56 bits per heavy atom. The number of pyridine rings is 1. The Balaban J connectivity index is 2.49. The average Bonchev–Trinajstić information content (AvgIpc) is 2.81. The van der Waals surface area contributed by atoms with Crippen molar-refractivity contribution in [1.29, 1.82) is 0 Å². The van der Waals surface area contributed by atoms with Crippen molar-refractivity contribution in [2.45, 2.75) is 38.6 Å². The largest absolute Gasteiger partial charge is 0.497 e. The molecule has 3 aromatic rings. The first-order chi connectivity index (χ1) is 15.3. The van der Waals surface area contributed by atoms with Gasteiger partial charge in [0.05, 0.1) is 38.8 Å². The second-order valence-corrected chi connectivity index (χ2v) is 7.76. The van der Waals surface area contributed by atoms with Gasteiger partial charge in [-0.2, -0.15) is 0 Å². The SMILES string of the molecule is CCC(CC)(CC(N)=O)n1c(=O)c(-c2ccc(OC)cc2)cc2c(OC)cc(OC)cc21. The maximum Gasteiger partial charge on any atom is 0.259 e. The van der Waals surface area contributed by atoms with Gasteiger partial charge < -0.3 is 24.5 Å². The molecule has 0 aliphatic rings. The van der Waals surface area contributed by atoms with Crippen molar-refractivity contribution in [2.75, 3.05) is 21.3 Å². The first kappa shape index (κ1) is 23.2. The average molecular weight is 439 g/mol. The van der Waals surface area contributed by atoms with E-state index < -0.39 is 11.4 Å². The number of nitrogens with zero attached hydrogens (tertiary/aromatic N) is 1. The molecule has 0 bridgehead atoms. The minimum Gasteiger partial charge on any atom is -0.497 e. The minimum atomic E-state index is -0.791. The summed E-state index contributed by atoms with van der Waals surface area (Å²) < 4.78 is 18.1. The lowest BCUT2D eigenvalue weighted by atomic mass is 9.86. The van der Waals surface area contributed by atoms with Gasteiger partial charge in [0, 0.05) is 23.1 Å². The molecule has 0 saturated heterocycles. The van der Waals surface area contributed by atoms with Crippen molar-refractivity contribution in [3.05, 3.63) is 52.8 Å². The molecule has 1 aromatic heterocycles. The first-order valence-electron chi connectivity index (χ1n) is 10.6. The van der Waals surface area contributed by atoms with Crippen molar-refractivity contribution >= 4 is 16.8 Å². The molecule has 0 spiro atoms. The number of nitrogens with two attached hydrogens (primary N) is 1. The summed E-state index contributed by atoms with van der Waals surface area (Å²) in [5.41, 5.74) is 6.51. The second kappa shape index (κ2) is 9.34. The van der Waals surface area contributed by atoms with E-state index in [4.69, 9.17) is 19.9 Å². The number of rotatable bonds is 9. The van der Waals surface area contributed by atoms with Crippen LogP contribution in [0.15, 0.2) is 47.3 Å². The molecule has 170 valence electrons. The summed E-state index contributed by atoms with van der Waals surface area (Å²) in [6.07, 6.45) is 1.14. The Bertz CT molecular complexity index is 1180. The van der Waals surface area contributed by atoms with Crippen molar-refractivity contribution in [3.8, 4) is 28.4 Å². The zero-order valence-corrected chi connectivity index (χ0v) is 19.2. The molecular formula is C25H30N2O5. The second-order valence-electron chi connectivity index (χ2n) is 7.76. The smallest absolute Gasteiger partial charge is 0.259 e. The number of hydrogen-bond acceptors (Lipinski definition) is 5. The molecule has 7 heteroatoms. The van der Waals surface area contributed by atoms with Crippen LogP contribution in [0.25, 0.3) is 22.0 Å². The number of primary amides is 1. The van der Waals surface area contributed by atoms with E-state index in [-0.39, 0.29) is 12.0 Å². The van der Waals surface area contributed by atoms with E-state index >= 15 is 0 Å². The van der Waals surface area contributed by atoms with Gasteiger partial charge in [-0.15, -0.1) is 0 Å². The van der Waals surface area contributed by atoms with Crippen molar-refractivity contribution in [2.24, 2.45) is 5.73 Å². The van der Waals surface area contributed by atoms with Gasteiger partial charge in [0.25, 0.3) is 5.56 Å². The van der Waals surface area contributed by atoms with Crippen LogP contribution in [0.4, 0.5) is 0 Å². The fourth-order valence-corrected chi connectivity index (χ4v) is 4.31. The van der Waals surface area contributed by atoms with E-state index in [0.29, 0.717) is 41.2 Å². The standard InChI is InChI=1S/C25H30N2O5/c1-6-25(7-2,15-23(26)28)27-21-12-18(31-4)13-22(32-5)20(21)14-19(24(27)29)16-8-10-17(30-3)11-9-16/h8-14H,6-7,15H2,1-5H3,(H2,26,28). The number of carbonyl (C=O) groups excluding carboxylic acids is 1. The summed E-state index contributed by atoms with van der Waals surface area (Å²) in [4.78, 5) is 26.0. The highest BCUT2D eigenvalue weighted by Crippen LogP contribution is 2.38. The van der Waals surface area contributed by atoms with Crippen LogP contribution < -0.4 is 25.5 Å². The molecule has 32 heavy (non-hydrogen) atoms. The van der Waals surface area contributed by atoms with Crippen LogP contribution in [-0.2, 0) is 10.3 Å². The van der Waals surface area contributed by atoms with Gasteiger partial charge in [-0.3, -0.25) is 9.59 Å². The van der Waals surface area contributed by atoms with Gasteiger partial charge in [-0.1, -0.05) is 26.0 Å². The van der Waals surface area contributed by atoms with Gasteiger partial charge in [0.15, 0.2) is 0 Å². The molecule has 0 unspecified atom stereocenters. The number of hydrogen-bond donors (Lipinski definition) is 1. The molecule has 0 aliphatic carbocycles. The number of ether oxygens (including phenoxy) is 3. The fourth-order valence-electron chi connectivity index (χ4n) is 4.31. The molecule has 0 saturated carbocycles. The maximum atomic E-state index is 14.0. The molecule has 2 N–H and O–H groups in total. The van der Waals surface area contributed by atoms with E-state index in [1.807, 2.05) is 44.2 Å². The number of methoxy groups -OCH3 is 3. The van der Waals surface area contributed by atoms with E-state index in [9.17, 15) is 9.59 Å². The molecule has 0 aliphatic heterocycles. The highest BCUT2D eigenvalue weighted by atomic mass is 16.5. The Kier molecular flexibility index (Phi) is 6.77. The van der Waals surface area contributed by atoms with Crippen LogP contribution in [0.2, 0.25) is 0 Å². The summed E-state index contributed by atoms with van der Waals surface area (Å²) in [6.45, 7) is 3.92. The monoisotopic (exact) mass is 438 g/mol. The molecular weight excluding hydrogens is 408 g/mol. The van der Waals surface area contributed by atoms with Gasteiger partial charge in [-0.05, 0) is 36.6 Å². The van der Waals surface area contributed by atoms with Crippen LogP contribution in [-0.4, -0.2) is 31.8 Å². The first-order valence-corrected chi connectivity index (χ1v) is 10.6. The Hall–Kier alpha value is -3.48. The summed E-state index contributed by atoms with van der Waals surface area (Å²) in [5, 5.41) is 0.745. The predicted octanol–water partition coefficient (Wildman–Crippen LogP) is 4.09. The third-order valence-electron chi connectivity index (χ3n) is 6.21. The molecule has 1 heterocycles. The van der Waals surface area contributed by atoms with E-state index in [1.165, 1.54) is 0 Å². The zero-order chi connectivity index (χ0) is 23.5. The van der Waals surface area contributed by atoms with Crippen molar-refractivity contribution in [1.82, 2.24) is 4.57 Å². The number of aromatic nitrogens is 1. The van der Waals surface area contributed by atoms with Gasteiger partial charge >= 0.3 is 0 Å². The summed E-state index contributed by atoms with van der Waals surface area (Å²) in [6, 6.07) is 12.7. The molecule has 0 radical (unpaired) electrons. The van der Waals surface area contributed by atoms with Crippen LogP contribution in [0.5, 0.6) is 17.2 Å². The number of fused-ring (bicyclic) bond motifs is 1. The van der Waals surface area contributed by atoms with E-state index in [0.717, 1.165) is 10.9 Å². The van der Waals surface area contributed by atoms with Crippen LogP contribution in [0.3, 0.4) is 0 Å². The van der Waals surface area contributed by atoms with E-state index in [2.05, 4.69) is 0 Å². The highest BCUT2D eigenvalue weighted by Gasteiger charge is 2.34. The lowest BCUT2D eigenvalue weighted by molar-refractivity contribution is -0.120. The molecule has 7 nitrogen and oxygen atoms in total. The third kappa shape index (κ3) is 4.02.